The number of aromatic nitrogens is 2. The molecule has 0 aliphatic carbocycles. The first kappa shape index (κ1) is 12.3. The summed E-state index contributed by atoms with van der Waals surface area (Å²) in [6.07, 6.45) is -3.40. The Morgan fingerprint density at radius 3 is 2.80 bits per heavy atom. The van der Waals surface area contributed by atoms with Gasteiger partial charge in [-0.2, -0.15) is 13.2 Å². The van der Waals surface area contributed by atoms with Gasteiger partial charge in [0.2, 0.25) is 0 Å². The van der Waals surface area contributed by atoms with Gasteiger partial charge < -0.3 is 9.88 Å². The van der Waals surface area contributed by atoms with Crippen LogP contribution in [0.3, 0.4) is 0 Å². The van der Waals surface area contributed by atoms with Crippen LogP contribution in [-0.4, -0.2) is 16.1 Å². The van der Waals surface area contributed by atoms with Gasteiger partial charge in [-0.1, -0.05) is 0 Å². The summed E-state index contributed by atoms with van der Waals surface area (Å²) in [4.78, 5) is 3.78. The van der Waals surface area contributed by atoms with Crippen LogP contribution in [-0.2, 0) is 12.7 Å². The lowest BCUT2D eigenvalue weighted by Crippen LogP contribution is -2.33. The Morgan fingerprint density at radius 2 is 2.20 bits per heavy atom. The molecular formula is C8H11ClF3N3. The van der Waals surface area contributed by atoms with Gasteiger partial charge in [0.15, 0.2) is 0 Å². The Labute approximate surface area is 91.1 Å². The molecule has 1 aromatic heterocycles. The fourth-order valence-electron chi connectivity index (χ4n) is 1.68. The molecule has 0 aromatic carbocycles. The normalized spacial score (nSPS) is 20.7. The predicted molar refractivity (Wildman–Crippen MR) is 50.9 cm³/mol. The first-order valence-electron chi connectivity index (χ1n) is 4.36. The first-order chi connectivity index (χ1) is 6.50. The van der Waals surface area contributed by atoms with Crippen LogP contribution in [0.4, 0.5) is 13.2 Å². The predicted octanol–water partition coefficient (Wildman–Crippen LogP) is 1.99. The fraction of sp³-hybridized carbons (Fsp3) is 0.625. The molecule has 0 amide bonds. The largest absolute Gasteiger partial charge is 0.433 e. The Morgan fingerprint density at radius 1 is 1.53 bits per heavy atom. The SMILES string of the molecule is CC1NCCn2c(C(F)(F)F)cnc21.Cl. The second-order valence-corrected chi connectivity index (χ2v) is 3.33. The van der Waals surface area contributed by atoms with Crippen molar-refractivity contribution < 1.29 is 13.2 Å². The van der Waals surface area contributed by atoms with E-state index in [4.69, 9.17) is 0 Å². The zero-order valence-electron chi connectivity index (χ0n) is 8.01. The summed E-state index contributed by atoms with van der Waals surface area (Å²) in [5.41, 5.74) is -0.652. The highest BCUT2D eigenvalue weighted by atomic mass is 35.5. The lowest BCUT2D eigenvalue weighted by atomic mass is 10.2. The molecule has 0 saturated carbocycles. The average molecular weight is 242 g/mol. The molecule has 3 nitrogen and oxygen atoms in total. The van der Waals surface area contributed by atoms with Crippen molar-refractivity contribution in [3.05, 3.63) is 17.7 Å². The minimum atomic E-state index is -4.30. The second kappa shape index (κ2) is 4.02. The summed E-state index contributed by atoms with van der Waals surface area (Å²) in [6, 6.07) is -0.111. The van der Waals surface area contributed by atoms with Crippen LogP contribution in [0.25, 0.3) is 0 Å². The number of imidazole rings is 1. The zero-order valence-corrected chi connectivity index (χ0v) is 8.82. The van der Waals surface area contributed by atoms with Crippen LogP contribution < -0.4 is 5.32 Å². The van der Waals surface area contributed by atoms with E-state index in [-0.39, 0.29) is 18.4 Å². The number of nitrogens with zero attached hydrogens (tertiary/aromatic N) is 2. The van der Waals surface area contributed by atoms with Gasteiger partial charge in [-0.25, -0.2) is 4.98 Å². The van der Waals surface area contributed by atoms with Gasteiger partial charge in [-0.05, 0) is 6.92 Å². The third-order valence-corrected chi connectivity index (χ3v) is 2.35. The monoisotopic (exact) mass is 241 g/mol. The van der Waals surface area contributed by atoms with Gasteiger partial charge in [0.05, 0.1) is 12.2 Å². The molecule has 86 valence electrons. The van der Waals surface area contributed by atoms with Crippen molar-refractivity contribution in [3.8, 4) is 0 Å². The summed E-state index contributed by atoms with van der Waals surface area (Å²) in [5.74, 6) is 0.462. The van der Waals surface area contributed by atoms with Crippen molar-refractivity contribution in [2.75, 3.05) is 6.54 Å². The van der Waals surface area contributed by atoms with E-state index in [9.17, 15) is 13.2 Å². The Hall–Kier alpha value is -0.750. The quantitative estimate of drug-likeness (QED) is 0.753. The Bertz CT molecular complexity index is 347. The van der Waals surface area contributed by atoms with E-state index in [2.05, 4.69) is 10.3 Å². The smallest absolute Gasteiger partial charge is 0.322 e. The number of alkyl halides is 3. The van der Waals surface area contributed by atoms with E-state index in [1.807, 2.05) is 0 Å². The molecule has 7 heteroatoms. The minimum Gasteiger partial charge on any atom is -0.322 e. The third kappa shape index (κ3) is 2.10. The maximum Gasteiger partial charge on any atom is 0.433 e. The van der Waals surface area contributed by atoms with Crippen LogP contribution in [0.1, 0.15) is 24.5 Å². The van der Waals surface area contributed by atoms with Crippen molar-refractivity contribution in [1.29, 1.82) is 0 Å². The number of hydrogen-bond acceptors (Lipinski definition) is 2. The molecule has 0 bridgehead atoms. The van der Waals surface area contributed by atoms with Crippen LogP contribution >= 0.6 is 12.4 Å². The molecule has 1 atom stereocenters. The average Bonchev–Trinajstić information content (AvgIpc) is 2.47. The number of fused-ring (bicyclic) bond motifs is 1. The highest BCUT2D eigenvalue weighted by molar-refractivity contribution is 5.85. The van der Waals surface area contributed by atoms with Gasteiger partial charge in [0, 0.05) is 13.1 Å². The molecule has 0 saturated heterocycles. The van der Waals surface area contributed by atoms with Crippen molar-refractivity contribution >= 4 is 12.4 Å². The molecule has 1 N–H and O–H groups in total. The summed E-state index contributed by atoms with van der Waals surface area (Å²) < 4.78 is 38.6. The summed E-state index contributed by atoms with van der Waals surface area (Å²) >= 11 is 0. The molecular weight excluding hydrogens is 231 g/mol. The van der Waals surface area contributed by atoms with Crippen LogP contribution in [0.15, 0.2) is 6.20 Å². The van der Waals surface area contributed by atoms with Crippen LogP contribution in [0.2, 0.25) is 0 Å². The number of nitrogens with one attached hydrogen (secondary N) is 1. The maximum absolute atomic E-state index is 12.5. The molecule has 2 rings (SSSR count). The summed E-state index contributed by atoms with van der Waals surface area (Å²) in [7, 11) is 0. The molecule has 0 radical (unpaired) electrons. The third-order valence-electron chi connectivity index (χ3n) is 2.35. The van der Waals surface area contributed by atoms with Gasteiger partial charge in [-0.3, -0.25) is 0 Å². The van der Waals surface area contributed by atoms with Crippen LogP contribution in [0, 0.1) is 0 Å². The van der Waals surface area contributed by atoms with E-state index >= 15 is 0 Å². The van der Waals surface area contributed by atoms with Gasteiger partial charge >= 0.3 is 6.18 Å². The Kier molecular flexibility index (Phi) is 3.30. The minimum absolute atomic E-state index is 0. The molecule has 1 aliphatic heterocycles. The van der Waals surface area contributed by atoms with Crippen molar-refractivity contribution in [2.24, 2.45) is 0 Å². The van der Waals surface area contributed by atoms with Gasteiger partial charge in [0.1, 0.15) is 11.5 Å². The number of halogens is 4. The fourth-order valence-corrected chi connectivity index (χ4v) is 1.68. The Balaban J connectivity index is 0.00000112. The molecule has 0 fully saturated rings. The summed E-state index contributed by atoms with van der Waals surface area (Å²) in [5, 5.41) is 3.05. The number of hydrogen-bond donors (Lipinski definition) is 1. The lowest BCUT2D eigenvalue weighted by molar-refractivity contribution is -0.143. The molecule has 2 heterocycles. The standard InChI is InChI=1S/C8H10F3N3.ClH/c1-5-7-13-4-6(8(9,10)11)14(7)3-2-12-5;/h4-5,12H,2-3H2,1H3;1H. The van der Waals surface area contributed by atoms with Crippen LogP contribution in [0.5, 0.6) is 0 Å². The van der Waals surface area contributed by atoms with E-state index in [0.717, 1.165) is 6.20 Å². The summed E-state index contributed by atoms with van der Waals surface area (Å²) in [6.45, 7) is 2.68. The topological polar surface area (TPSA) is 29.9 Å². The molecule has 15 heavy (non-hydrogen) atoms. The number of rotatable bonds is 0. The lowest BCUT2D eigenvalue weighted by Gasteiger charge is -2.23. The molecule has 0 spiro atoms. The van der Waals surface area contributed by atoms with E-state index in [1.54, 1.807) is 6.92 Å². The van der Waals surface area contributed by atoms with Crippen molar-refractivity contribution in [1.82, 2.24) is 14.9 Å². The van der Waals surface area contributed by atoms with Crippen molar-refractivity contribution in [3.63, 3.8) is 0 Å². The highest BCUT2D eigenvalue weighted by Gasteiger charge is 2.37. The zero-order chi connectivity index (χ0) is 10.3. The second-order valence-electron chi connectivity index (χ2n) is 3.33. The van der Waals surface area contributed by atoms with Gasteiger partial charge in [0.25, 0.3) is 0 Å². The molecule has 1 unspecified atom stereocenters. The van der Waals surface area contributed by atoms with E-state index < -0.39 is 11.9 Å². The van der Waals surface area contributed by atoms with Crippen molar-refractivity contribution in [2.45, 2.75) is 25.7 Å². The molecule has 1 aromatic rings. The highest BCUT2D eigenvalue weighted by Crippen LogP contribution is 2.31. The van der Waals surface area contributed by atoms with E-state index in [0.29, 0.717) is 18.9 Å². The first-order valence-corrected chi connectivity index (χ1v) is 4.36. The van der Waals surface area contributed by atoms with Gasteiger partial charge in [-0.15, -0.1) is 12.4 Å². The maximum atomic E-state index is 12.5. The van der Waals surface area contributed by atoms with E-state index in [1.165, 1.54) is 4.57 Å². The molecule has 1 aliphatic rings.